The van der Waals surface area contributed by atoms with Gasteiger partial charge in [-0.05, 0) is 18.6 Å². The molecule has 1 N–H and O–H groups in total. The Morgan fingerprint density at radius 2 is 2.11 bits per heavy atom. The van der Waals surface area contributed by atoms with Crippen LogP contribution in [0.15, 0.2) is 24.4 Å². The molecule has 0 aliphatic carbocycles. The molecule has 1 aromatic heterocycles. The molecule has 2 aromatic rings. The van der Waals surface area contributed by atoms with Gasteiger partial charge in [-0.15, -0.1) is 0 Å². The molecule has 0 atom stereocenters. The van der Waals surface area contributed by atoms with E-state index in [1.807, 2.05) is 36.2 Å². The number of aryl methyl sites for hydroxylation is 1. The Hall–Kier alpha value is -1.81. The number of fused-ring (bicyclic) bond motifs is 1. The molecule has 1 fully saturated rings. The van der Waals surface area contributed by atoms with Crippen LogP contribution in [0.4, 0.5) is 0 Å². The fourth-order valence-electron chi connectivity index (χ4n) is 2.47. The van der Waals surface area contributed by atoms with E-state index in [0.29, 0.717) is 26.3 Å². The molecule has 1 aliphatic rings. The molecule has 2 heterocycles. The van der Waals surface area contributed by atoms with Gasteiger partial charge in [0.2, 0.25) is 0 Å². The van der Waals surface area contributed by atoms with Gasteiger partial charge in [-0.3, -0.25) is 4.79 Å². The molecular weight excluding hydrogens is 228 g/mol. The minimum atomic E-state index is 0.0962. The minimum Gasteiger partial charge on any atom is -0.378 e. The van der Waals surface area contributed by atoms with E-state index in [0.717, 1.165) is 22.0 Å². The van der Waals surface area contributed by atoms with Crippen molar-refractivity contribution in [3.05, 3.63) is 35.5 Å². The number of morpholine rings is 1. The van der Waals surface area contributed by atoms with E-state index in [2.05, 4.69) is 4.98 Å². The predicted octanol–water partition coefficient (Wildman–Crippen LogP) is 1.95. The first-order valence-electron chi connectivity index (χ1n) is 6.21. The highest BCUT2D eigenvalue weighted by Gasteiger charge is 2.21. The van der Waals surface area contributed by atoms with Gasteiger partial charge in [0.25, 0.3) is 5.91 Å². The molecule has 1 saturated heterocycles. The van der Waals surface area contributed by atoms with Crippen molar-refractivity contribution in [3.8, 4) is 0 Å². The fourth-order valence-corrected chi connectivity index (χ4v) is 2.47. The monoisotopic (exact) mass is 244 g/mol. The second-order valence-corrected chi connectivity index (χ2v) is 4.60. The lowest BCUT2D eigenvalue weighted by atomic mass is 10.1. The van der Waals surface area contributed by atoms with Crippen molar-refractivity contribution in [2.45, 2.75) is 6.92 Å². The number of aromatic nitrogens is 1. The molecule has 4 heteroatoms. The third-order valence-electron chi connectivity index (χ3n) is 3.44. The summed E-state index contributed by atoms with van der Waals surface area (Å²) < 4.78 is 5.28. The van der Waals surface area contributed by atoms with Gasteiger partial charge in [0.1, 0.15) is 0 Å². The Morgan fingerprint density at radius 1 is 1.33 bits per heavy atom. The van der Waals surface area contributed by atoms with Crippen molar-refractivity contribution in [3.63, 3.8) is 0 Å². The molecule has 4 nitrogen and oxygen atoms in total. The fraction of sp³-hybridized carbons (Fsp3) is 0.357. The topological polar surface area (TPSA) is 45.3 Å². The van der Waals surface area contributed by atoms with Crippen LogP contribution in [-0.2, 0) is 4.74 Å². The molecule has 0 spiro atoms. The second kappa shape index (κ2) is 4.46. The van der Waals surface area contributed by atoms with Crippen molar-refractivity contribution in [2.75, 3.05) is 26.3 Å². The first-order valence-corrected chi connectivity index (χ1v) is 6.21. The first-order chi connectivity index (χ1) is 8.77. The van der Waals surface area contributed by atoms with E-state index in [9.17, 15) is 4.79 Å². The zero-order valence-electron chi connectivity index (χ0n) is 10.4. The Balaban J connectivity index is 2.01. The molecule has 0 unspecified atom stereocenters. The lowest BCUT2D eigenvalue weighted by molar-refractivity contribution is 0.0304. The lowest BCUT2D eigenvalue weighted by Crippen LogP contribution is -2.40. The molecule has 1 aromatic carbocycles. The van der Waals surface area contributed by atoms with Gasteiger partial charge in [-0.1, -0.05) is 12.1 Å². The maximum absolute atomic E-state index is 12.5. The Kier molecular flexibility index (Phi) is 2.80. The number of carbonyl (C=O) groups excluding carboxylic acids is 1. The van der Waals surface area contributed by atoms with Gasteiger partial charge < -0.3 is 14.6 Å². The SMILES string of the molecule is Cc1cccc2[nH]cc(C(=O)N3CCOCC3)c12. The summed E-state index contributed by atoms with van der Waals surface area (Å²) in [6.07, 6.45) is 1.81. The number of nitrogens with zero attached hydrogens (tertiary/aromatic N) is 1. The predicted molar refractivity (Wildman–Crippen MR) is 69.8 cm³/mol. The van der Waals surface area contributed by atoms with Gasteiger partial charge in [-0.2, -0.15) is 0 Å². The third-order valence-corrected chi connectivity index (χ3v) is 3.44. The van der Waals surface area contributed by atoms with Crippen LogP contribution in [0.2, 0.25) is 0 Å². The number of amides is 1. The van der Waals surface area contributed by atoms with E-state index in [4.69, 9.17) is 4.74 Å². The summed E-state index contributed by atoms with van der Waals surface area (Å²) in [5.41, 5.74) is 2.92. The van der Waals surface area contributed by atoms with E-state index in [1.165, 1.54) is 0 Å². The molecular formula is C14H16N2O2. The highest BCUT2D eigenvalue weighted by Crippen LogP contribution is 2.23. The Morgan fingerprint density at radius 3 is 2.89 bits per heavy atom. The zero-order chi connectivity index (χ0) is 12.5. The van der Waals surface area contributed by atoms with E-state index < -0.39 is 0 Å². The summed E-state index contributed by atoms with van der Waals surface area (Å²) >= 11 is 0. The van der Waals surface area contributed by atoms with Crippen LogP contribution in [0.25, 0.3) is 10.9 Å². The number of benzene rings is 1. The average Bonchev–Trinajstić information content (AvgIpc) is 2.84. The molecule has 18 heavy (non-hydrogen) atoms. The molecule has 1 amide bonds. The van der Waals surface area contributed by atoms with Crippen LogP contribution in [-0.4, -0.2) is 42.1 Å². The van der Waals surface area contributed by atoms with Gasteiger partial charge in [0, 0.05) is 30.2 Å². The summed E-state index contributed by atoms with van der Waals surface area (Å²) in [7, 11) is 0. The summed E-state index contributed by atoms with van der Waals surface area (Å²) in [6.45, 7) is 4.65. The first kappa shape index (κ1) is 11.3. The van der Waals surface area contributed by atoms with E-state index in [1.54, 1.807) is 0 Å². The minimum absolute atomic E-state index is 0.0962. The Bertz CT molecular complexity index is 582. The molecule has 94 valence electrons. The van der Waals surface area contributed by atoms with Crippen molar-refractivity contribution < 1.29 is 9.53 Å². The number of H-pyrrole nitrogens is 1. The maximum atomic E-state index is 12.5. The number of ether oxygens (including phenoxy) is 1. The van der Waals surface area contributed by atoms with Crippen LogP contribution in [0.5, 0.6) is 0 Å². The van der Waals surface area contributed by atoms with Gasteiger partial charge >= 0.3 is 0 Å². The van der Waals surface area contributed by atoms with Crippen LogP contribution in [0.1, 0.15) is 15.9 Å². The average molecular weight is 244 g/mol. The zero-order valence-corrected chi connectivity index (χ0v) is 10.4. The van der Waals surface area contributed by atoms with Gasteiger partial charge in [0.05, 0.1) is 18.8 Å². The highest BCUT2D eigenvalue weighted by atomic mass is 16.5. The van der Waals surface area contributed by atoms with Crippen LogP contribution < -0.4 is 0 Å². The van der Waals surface area contributed by atoms with Crippen molar-refractivity contribution >= 4 is 16.8 Å². The standard InChI is InChI=1S/C14H16N2O2/c1-10-3-2-4-12-13(10)11(9-15-12)14(17)16-5-7-18-8-6-16/h2-4,9,15H,5-8H2,1H3. The lowest BCUT2D eigenvalue weighted by Gasteiger charge is -2.26. The van der Waals surface area contributed by atoms with Crippen LogP contribution >= 0.6 is 0 Å². The Labute approximate surface area is 106 Å². The van der Waals surface area contributed by atoms with Crippen LogP contribution in [0, 0.1) is 6.92 Å². The quantitative estimate of drug-likeness (QED) is 0.833. The largest absolute Gasteiger partial charge is 0.378 e. The van der Waals surface area contributed by atoms with E-state index >= 15 is 0 Å². The van der Waals surface area contributed by atoms with Crippen molar-refractivity contribution in [2.24, 2.45) is 0 Å². The highest BCUT2D eigenvalue weighted by molar-refractivity contribution is 6.07. The molecule has 3 rings (SSSR count). The normalized spacial score (nSPS) is 16.2. The number of carbonyl (C=O) groups is 1. The summed E-state index contributed by atoms with van der Waals surface area (Å²) in [5, 5.41) is 1.04. The molecule has 1 aliphatic heterocycles. The van der Waals surface area contributed by atoms with Crippen molar-refractivity contribution in [1.82, 2.24) is 9.88 Å². The number of hydrogen-bond donors (Lipinski definition) is 1. The number of nitrogens with one attached hydrogen (secondary N) is 1. The van der Waals surface area contributed by atoms with Gasteiger partial charge in [-0.25, -0.2) is 0 Å². The number of aromatic amines is 1. The smallest absolute Gasteiger partial charge is 0.256 e. The third kappa shape index (κ3) is 1.78. The van der Waals surface area contributed by atoms with E-state index in [-0.39, 0.29) is 5.91 Å². The number of hydrogen-bond acceptors (Lipinski definition) is 2. The number of rotatable bonds is 1. The second-order valence-electron chi connectivity index (χ2n) is 4.60. The summed E-state index contributed by atoms with van der Waals surface area (Å²) in [6, 6.07) is 6.03. The molecule has 0 saturated carbocycles. The molecule has 0 radical (unpaired) electrons. The van der Waals surface area contributed by atoms with Crippen molar-refractivity contribution in [1.29, 1.82) is 0 Å². The summed E-state index contributed by atoms with van der Waals surface area (Å²) in [4.78, 5) is 17.5. The molecule has 0 bridgehead atoms. The maximum Gasteiger partial charge on any atom is 0.256 e. The van der Waals surface area contributed by atoms with Gasteiger partial charge in [0.15, 0.2) is 0 Å². The van der Waals surface area contributed by atoms with Crippen LogP contribution in [0.3, 0.4) is 0 Å². The summed E-state index contributed by atoms with van der Waals surface area (Å²) in [5.74, 6) is 0.0962.